The minimum atomic E-state index is -0.215. The van der Waals surface area contributed by atoms with Gasteiger partial charge >= 0.3 is 5.97 Å². The normalized spacial score (nSPS) is 10.3. The van der Waals surface area contributed by atoms with E-state index in [1.54, 1.807) is 18.6 Å². The lowest BCUT2D eigenvalue weighted by molar-refractivity contribution is -0.145. The summed E-state index contributed by atoms with van der Waals surface area (Å²) >= 11 is 0. The van der Waals surface area contributed by atoms with Crippen LogP contribution >= 0.6 is 0 Å². The molecule has 0 atom stereocenters. The second-order valence-corrected chi connectivity index (χ2v) is 4.05. The second kappa shape index (κ2) is 5.95. The van der Waals surface area contributed by atoms with Crippen molar-refractivity contribution in [2.45, 2.75) is 26.4 Å². The van der Waals surface area contributed by atoms with Crippen molar-refractivity contribution in [3.63, 3.8) is 0 Å². The average molecular weight is 245 g/mol. The number of carbonyl (C=O) groups is 1. The lowest BCUT2D eigenvalue weighted by atomic mass is 10.2. The number of rotatable bonds is 5. The van der Waals surface area contributed by atoms with Crippen LogP contribution in [0.5, 0.6) is 0 Å². The average Bonchev–Trinajstić information content (AvgIpc) is 2.81. The van der Waals surface area contributed by atoms with E-state index in [4.69, 9.17) is 4.74 Å². The molecular weight excluding hydrogens is 230 g/mol. The van der Waals surface area contributed by atoms with Crippen LogP contribution in [-0.2, 0) is 22.6 Å². The number of nitrogens with zero attached hydrogens (tertiary/aromatic N) is 2. The van der Waals surface area contributed by atoms with Crippen molar-refractivity contribution < 1.29 is 9.53 Å². The number of nitrogens with one attached hydrogen (secondary N) is 1. The van der Waals surface area contributed by atoms with Crippen LogP contribution in [0.1, 0.15) is 23.2 Å². The topological polar surface area (TPSA) is 67.9 Å². The van der Waals surface area contributed by atoms with E-state index >= 15 is 0 Å². The first-order valence-electron chi connectivity index (χ1n) is 5.79. The van der Waals surface area contributed by atoms with Gasteiger partial charge in [0.05, 0.1) is 11.9 Å². The van der Waals surface area contributed by atoms with Crippen LogP contribution in [0.2, 0.25) is 0 Å². The molecule has 2 rings (SSSR count). The predicted octanol–water partition coefficient (Wildman–Crippen LogP) is 1.79. The Hall–Kier alpha value is -2.17. The van der Waals surface area contributed by atoms with Crippen molar-refractivity contribution in [3.05, 3.63) is 47.5 Å². The van der Waals surface area contributed by atoms with Crippen molar-refractivity contribution in [1.29, 1.82) is 0 Å². The molecule has 18 heavy (non-hydrogen) atoms. The third kappa shape index (κ3) is 3.41. The fourth-order valence-electron chi connectivity index (χ4n) is 1.54. The van der Waals surface area contributed by atoms with Gasteiger partial charge in [-0.3, -0.25) is 14.9 Å². The molecule has 5 heteroatoms. The first-order valence-corrected chi connectivity index (χ1v) is 5.79. The molecule has 0 bridgehead atoms. The zero-order valence-corrected chi connectivity index (χ0v) is 10.2. The fourth-order valence-corrected chi connectivity index (χ4v) is 1.54. The molecular formula is C13H15N3O2. The number of carbonyl (C=O) groups excluding carboxylic acids is 1. The zero-order valence-electron chi connectivity index (χ0n) is 10.2. The molecule has 0 fully saturated rings. The molecule has 0 saturated carbocycles. The Bertz CT molecular complexity index is 508. The SMILES string of the molecule is Cc1cn[nH]c1COC(=O)CCc1cccnc1. The Morgan fingerprint density at radius 1 is 1.44 bits per heavy atom. The molecule has 0 aliphatic rings. The van der Waals surface area contributed by atoms with Crippen LogP contribution in [0.25, 0.3) is 0 Å². The zero-order chi connectivity index (χ0) is 12.8. The molecule has 2 aromatic heterocycles. The van der Waals surface area contributed by atoms with E-state index in [2.05, 4.69) is 15.2 Å². The molecule has 0 saturated heterocycles. The minimum absolute atomic E-state index is 0.215. The van der Waals surface area contributed by atoms with Crippen LogP contribution in [0, 0.1) is 6.92 Å². The summed E-state index contributed by atoms with van der Waals surface area (Å²) in [6.45, 7) is 2.17. The Morgan fingerprint density at radius 2 is 2.33 bits per heavy atom. The maximum absolute atomic E-state index is 11.5. The van der Waals surface area contributed by atoms with Gasteiger partial charge in [-0.05, 0) is 30.5 Å². The summed E-state index contributed by atoms with van der Waals surface area (Å²) < 4.78 is 5.16. The van der Waals surface area contributed by atoms with Crippen molar-refractivity contribution in [3.8, 4) is 0 Å². The van der Waals surface area contributed by atoms with Gasteiger partial charge in [0.15, 0.2) is 0 Å². The first-order chi connectivity index (χ1) is 8.75. The van der Waals surface area contributed by atoms with Gasteiger partial charge in [-0.1, -0.05) is 6.07 Å². The molecule has 2 heterocycles. The Kier molecular flexibility index (Phi) is 4.06. The number of aromatic amines is 1. The van der Waals surface area contributed by atoms with Gasteiger partial charge in [-0.25, -0.2) is 0 Å². The number of ether oxygens (including phenoxy) is 1. The number of esters is 1. The van der Waals surface area contributed by atoms with E-state index in [1.807, 2.05) is 19.1 Å². The van der Waals surface area contributed by atoms with Gasteiger partial charge in [0, 0.05) is 18.8 Å². The van der Waals surface area contributed by atoms with Crippen molar-refractivity contribution in [2.24, 2.45) is 0 Å². The smallest absolute Gasteiger partial charge is 0.306 e. The van der Waals surface area contributed by atoms with Gasteiger partial charge in [0.2, 0.25) is 0 Å². The monoisotopic (exact) mass is 245 g/mol. The molecule has 94 valence electrons. The Labute approximate surface area is 105 Å². The molecule has 2 aromatic rings. The highest BCUT2D eigenvalue weighted by Crippen LogP contribution is 2.06. The summed E-state index contributed by atoms with van der Waals surface area (Å²) in [5.41, 5.74) is 2.87. The quantitative estimate of drug-likeness (QED) is 0.815. The van der Waals surface area contributed by atoms with Gasteiger partial charge in [-0.2, -0.15) is 5.10 Å². The maximum atomic E-state index is 11.5. The van der Waals surface area contributed by atoms with E-state index in [9.17, 15) is 4.79 Å². The second-order valence-electron chi connectivity index (χ2n) is 4.05. The van der Waals surface area contributed by atoms with Gasteiger partial charge < -0.3 is 4.74 Å². The highest BCUT2D eigenvalue weighted by Gasteiger charge is 2.06. The number of aromatic nitrogens is 3. The summed E-state index contributed by atoms with van der Waals surface area (Å²) in [7, 11) is 0. The van der Waals surface area contributed by atoms with Crippen molar-refractivity contribution in [2.75, 3.05) is 0 Å². The molecule has 5 nitrogen and oxygen atoms in total. The molecule has 0 radical (unpaired) electrons. The number of aryl methyl sites for hydroxylation is 2. The number of H-pyrrole nitrogens is 1. The van der Waals surface area contributed by atoms with E-state index < -0.39 is 0 Å². The standard InChI is InChI=1S/C13H15N3O2/c1-10-7-15-16-12(10)9-18-13(17)5-4-11-3-2-6-14-8-11/h2-3,6-8H,4-5,9H2,1H3,(H,15,16). The summed E-state index contributed by atoms with van der Waals surface area (Å²) in [5.74, 6) is -0.215. The Balaban J connectivity index is 1.75. The highest BCUT2D eigenvalue weighted by atomic mass is 16.5. The molecule has 0 amide bonds. The predicted molar refractivity (Wildman–Crippen MR) is 65.7 cm³/mol. The summed E-state index contributed by atoms with van der Waals surface area (Å²) in [4.78, 5) is 15.5. The minimum Gasteiger partial charge on any atom is -0.459 e. The highest BCUT2D eigenvalue weighted by molar-refractivity contribution is 5.69. The van der Waals surface area contributed by atoms with E-state index in [-0.39, 0.29) is 12.6 Å². The third-order valence-electron chi connectivity index (χ3n) is 2.65. The van der Waals surface area contributed by atoms with Crippen LogP contribution in [0.3, 0.4) is 0 Å². The molecule has 0 spiro atoms. The Morgan fingerprint density at radius 3 is 3.00 bits per heavy atom. The summed E-state index contributed by atoms with van der Waals surface area (Å²) in [6, 6.07) is 3.80. The van der Waals surface area contributed by atoms with Crippen molar-refractivity contribution >= 4 is 5.97 Å². The summed E-state index contributed by atoms with van der Waals surface area (Å²) in [6.07, 6.45) is 6.18. The first kappa shape index (κ1) is 12.3. The van der Waals surface area contributed by atoms with E-state index in [0.717, 1.165) is 16.8 Å². The van der Waals surface area contributed by atoms with Crippen LogP contribution in [-0.4, -0.2) is 21.2 Å². The van der Waals surface area contributed by atoms with Gasteiger partial charge in [-0.15, -0.1) is 0 Å². The van der Waals surface area contributed by atoms with Crippen LogP contribution in [0.15, 0.2) is 30.7 Å². The van der Waals surface area contributed by atoms with Crippen molar-refractivity contribution in [1.82, 2.24) is 15.2 Å². The molecule has 0 unspecified atom stereocenters. The molecule has 0 aliphatic heterocycles. The summed E-state index contributed by atoms with van der Waals surface area (Å²) in [5, 5.41) is 6.67. The number of pyridine rings is 1. The van der Waals surface area contributed by atoms with Crippen LogP contribution < -0.4 is 0 Å². The lowest BCUT2D eigenvalue weighted by Gasteiger charge is -2.04. The maximum Gasteiger partial charge on any atom is 0.306 e. The fraction of sp³-hybridized carbons (Fsp3) is 0.308. The van der Waals surface area contributed by atoms with Gasteiger partial charge in [0.1, 0.15) is 6.61 Å². The largest absolute Gasteiger partial charge is 0.459 e. The van der Waals surface area contributed by atoms with E-state index in [0.29, 0.717) is 12.8 Å². The lowest BCUT2D eigenvalue weighted by Crippen LogP contribution is -2.06. The number of hydrogen-bond donors (Lipinski definition) is 1. The van der Waals surface area contributed by atoms with E-state index in [1.165, 1.54) is 0 Å². The number of hydrogen-bond acceptors (Lipinski definition) is 4. The third-order valence-corrected chi connectivity index (χ3v) is 2.65. The molecule has 0 aromatic carbocycles. The van der Waals surface area contributed by atoms with Gasteiger partial charge in [0.25, 0.3) is 0 Å². The molecule has 0 aliphatic carbocycles. The molecule has 1 N–H and O–H groups in total. The van der Waals surface area contributed by atoms with Crippen LogP contribution in [0.4, 0.5) is 0 Å².